The molecule has 0 aromatic carbocycles. The van der Waals surface area contributed by atoms with Gasteiger partial charge in [-0.3, -0.25) is 9.59 Å². The van der Waals surface area contributed by atoms with E-state index in [1.54, 1.807) is 4.90 Å². The van der Waals surface area contributed by atoms with E-state index >= 15 is 0 Å². The number of aromatic nitrogens is 3. The molecule has 2 amide bonds. The van der Waals surface area contributed by atoms with Gasteiger partial charge in [0.25, 0.3) is 11.8 Å². The molecule has 144 valence electrons. The SMILES string of the molecule is COCC(=O)N1CC(F)(F)C[C@H]1Cn1cc(C(=O)N2CCOCC2)nn1. The van der Waals surface area contributed by atoms with Gasteiger partial charge in [-0.1, -0.05) is 5.21 Å². The third-order valence-electron chi connectivity index (χ3n) is 4.42. The second kappa shape index (κ2) is 7.62. The number of nitrogens with zero attached hydrogens (tertiary/aromatic N) is 5. The van der Waals surface area contributed by atoms with Gasteiger partial charge in [0.2, 0.25) is 5.91 Å². The molecule has 0 saturated carbocycles. The summed E-state index contributed by atoms with van der Waals surface area (Å²) in [6.45, 7) is 1.01. The van der Waals surface area contributed by atoms with Crippen molar-refractivity contribution < 1.29 is 27.8 Å². The zero-order valence-corrected chi connectivity index (χ0v) is 14.4. The maximum atomic E-state index is 13.8. The molecular weight excluding hydrogens is 352 g/mol. The van der Waals surface area contributed by atoms with Crippen molar-refractivity contribution in [2.24, 2.45) is 0 Å². The van der Waals surface area contributed by atoms with E-state index in [1.165, 1.54) is 18.0 Å². The van der Waals surface area contributed by atoms with Crippen molar-refractivity contribution in [2.45, 2.75) is 24.9 Å². The average Bonchev–Trinajstić information content (AvgIpc) is 3.19. The molecule has 11 heteroatoms. The van der Waals surface area contributed by atoms with Gasteiger partial charge >= 0.3 is 0 Å². The van der Waals surface area contributed by atoms with Crippen molar-refractivity contribution >= 4 is 11.8 Å². The highest BCUT2D eigenvalue weighted by Gasteiger charge is 2.47. The van der Waals surface area contributed by atoms with Crippen molar-refractivity contribution in [3.63, 3.8) is 0 Å². The van der Waals surface area contributed by atoms with Gasteiger partial charge in [0, 0.05) is 26.6 Å². The average molecular weight is 373 g/mol. The van der Waals surface area contributed by atoms with E-state index in [9.17, 15) is 18.4 Å². The number of amides is 2. The molecule has 0 aliphatic carbocycles. The minimum atomic E-state index is -2.96. The van der Waals surface area contributed by atoms with Crippen LogP contribution in [0.15, 0.2) is 6.20 Å². The summed E-state index contributed by atoms with van der Waals surface area (Å²) in [7, 11) is 1.34. The predicted octanol–water partition coefficient (Wildman–Crippen LogP) is -0.367. The highest BCUT2D eigenvalue weighted by atomic mass is 19.3. The van der Waals surface area contributed by atoms with Gasteiger partial charge in [0.05, 0.1) is 38.5 Å². The molecule has 1 aromatic rings. The lowest BCUT2D eigenvalue weighted by molar-refractivity contribution is -0.137. The van der Waals surface area contributed by atoms with E-state index in [0.717, 1.165) is 4.90 Å². The Kier molecular flexibility index (Phi) is 5.47. The molecule has 2 saturated heterocycles. The number of hydrogen-bond donors (Lipinski definition) is 0. The van der Waals surface area contributed by atoms with Crippen molar-refractivity contribution in [3.05, 3.63) is 11.9 Å². The fraction of sp³-hybridized carbons (Fsp3) is 0.733. The number of morpholine rings is 1. The summed E-state index contributed by atoms with van der Waals surface area (Å²) in [5.74, 6) is -3.73. The van der Waals surface area contributed by atoms with Gasteiger partial charge in [-0.05, 0) is 0 Å². The van der Waals surface area contributed by atoms with Crippen molar-refractivity contribution in [1.29, 1.82) is 0 Å². The molecule has 0 unspecified atom stereocenters. The number of halogens is 2. The Labute approximate surface area is 148 Å². The van der Waals surface area contributed by atoms with Crippen LogP contribution in [0.1, 0.15) is 16.9 Å². The lowest BCUT2D eigenvalue weighted by Gasteiger charge is -2.25. The number of methoxy groups -OCH3 is 1. The Morgan fingerprint density at radius 3 is 2.81 bits per heavy atom. The molecule has 1 atom stereocenters. The van der Waals surface area contributed by atoms with E-state index < -0.39 is 30.8 Å². The first-order valence-electron chi connectivity index (χ1n) is 8.33. The van der Waals surface area contributed by atoms with Gasteiger partial charge in [0.15, 0.2) is 5.69 Å². The normalized spacial score (nSPS) is 22.7. The van der Waals surface area contributed by atoms with E-state index in [-0.39, 0.29) is 24.8 Å². The van der Waals surface area contributed by atoms with Crippen molar-refractivity contribution in [2.75, 3.05) is 46.6 Å². The molecule has 1 aromatic heterocycles. The van der Waals surface area contributed by atoms with Crippen LogP contribution < -0.4 is 0 Å². The fourth-order valence-electron chi connectivity index (χ4n) is 3.19. The molecule has 2 aliphatic rings. The minimum absolute atomic E-state index is 0.0361. The molecule has 3 heterocycles. The lowest BCUT2D eigenvalue weighted by atomic mass is 10.2. The summed E-state index contributed by atoms with van der Waals surface area (Å²) in [4.78, 5) is 27.1. The Morgan fingerprint density at radius 1 is 1.38 bits per heavy atom. The maximum Gasteiger partial charge on any atom is 0.276 e. The summed E-state index contributed by atoms with van der Waals surface area (Å²) in [6.07, 6.45) is 0.961. The maximum absolute atomic E-state index is 13.8. The Hall–Kier alpha value is -2.14. The predicted molar refractivity (Wildman–Crippen MR) is 83.7 cm³/mol. The molecule has 2 fully saturated rings. The highest BCUT2D eigenvalue weighted by molar-refractivity contribution is 5.92. The van der Waals surface area contributed by atoms with E-state index in [1.807, 2.05) is 0 Å². The van der Waals surface area contributed by atoms with Crippen LogP contribution in [-0.4, -0.2) is 95.1 Å². The number of ether oxygens (including phenoxy) is 2. The summed E-state index contributed by atoms with van der Waals surface area (Å²) in [5, 5.41) is 7.70. The molecule has 0 spiro atoms. The number of carbonyl (C=O) groups is 2. The lowest BCUT2D eigenvalue weighted by Crippen LogP contribution is -2.41. The zero-order chi connectivity index (χ0) is 18.7. The first-order chi connectivity index (χ1) is 12.4. The van der Waals surface area contributed by atoms with E-state index in [0.29, 0.717) is 26.3 Å². The van der Waals surface area contributed by atoms with Crippen LogP contribution >= 0.6 is 0 Å². The molecule has 2 aliphatic heterocycles. The van der Waals surface area contributed by atoms with Crippen LogP contribution in [0.5, 0.6) is 0 Å². The Bertz CT molecular complexity index is 662. The van der Waals surface area contributed by atoms with Gasteiger partial charge in [-0.15, -0.1) is 5.10 Å². The number of hydrogen-bond acceptors (Lipinski definition) is 6. The highest BCUT2D eigenvalue weighted by Crippen LogP contribution is 2.32. The number of alkyl halides is 2. The third-order valence-corrected chi connectivity index (χ3v) is 4.42. The summed E-state index contributed by atoms with van der Waals surface area (Å²) >= 11 is 0. The smallest absolute Gasteiger partial charge is 0.276 e. The van der Waals surface area contributed by atoms with Crippen LogP contribution in [0.3, 0.4) is 0 Å². The zero-order valence-electron chi connectivity index (χ0n) is 14.4. The van der Waals surface area contributed by atoms with Gasteiger partial charge in [-0.2, -0.15) is 0 Å². The number of likely N-dealkylation sites (tertiary alicyclic amines) is 1. The Morgan fingerprint density at radius 2 is 2.12 bits per heavy atom. The molecule has 3 rings (SSSR count). The largest absolute Gasteiger partial charge is 0.378 e. The molecule has 9 nitrogen and oxygen atoms in total. The van der Waals surface area contributed by atoms with E-state index in [2.05, 4.69) is 10.3 Å². The standard InChI is InChI=1S/C15H21F2N5O4/c1-25-9-13(23)22-10-15(16,17)6-11(22)7-21-8-12(18-19-21)14(24)20-2-4-26-5-3-20/h8,11H,2-7,9-10H2,1H3/t11-/m0/s1. The topological polar surface area (TPSA) is 89.8 Å². The van der Waals surface area contributed by atoms with Gasteiger partial charge in [-0.25, -0.2) is 13.5 Å². The molecule has 0 N–H and O–H groups in total. The van der Waals surface area contributed by atoms with Crippen LogP contribution in [0.2, 0.25) is 0 Å². The number of carbonyl (C=O) groups excluding carboxylic acids is 2. The van der Waals surface area contributed by atoms with Crippen LogP contribution in [-0.2, 0) is 20.8 Å². The second-order valence-corrected chi connectivity index (χ2v) is 6.40. The molecule has 0 bridgehead atoms. The quantitative estimate of drug-likeness (QED) is 0.700. The van der Waals surface area contributed by atoms with Crippen LogP contribution in [0.4, 0.5) is 8.78 Å². The first kappa shape index (κ1) is 18.6. The third kappa shape index (κ3) is 4.15. The minimum Gasteiger partial charge on any atom is -0.378 e. The van der Waals surface area contributed by atoms with Crippen LogP contribution in [0.25, 0.3) is 0 Å². The molecular formula is C15H21F2N5O4. The van der Waals surface area contributed by atoms with Gasteiger partial charge < -0.3 is 19.3 Å². The molecule has 26 heavy (non-hydrogen) atoms. The van der Waals surface area contributed by atoms with Gasteiger partial charge in [0.1, 0.15) is 6.61 Å². The van der Waals surface area contributed by atoms with E-state index in [4.69, 9.17) is 9.47 Å². The first-order valence-corrected chi connectivity index (χ1v) is 8.33. The number of rotatable bonds is 5. The summed E-state index contributed by atoms with van der Waals surface area (Å²) in [5.41, 5.74) is 0.145. The summed E-state index contributed by atoms with van der Waals surface area (Å²) < 4.78 is 38.8. The fourth-order valence-corrected chi connectivity index (χ4v) is 3.19. The van der Waals surface area contributed by atoms with Crippen molar-refractivity contribution in [3.8, 4) is 0 Å². The van der Waals surface area contributed by atoms with Crippen molar-refractivity contribution in [1.82, 2.24) is 24.8 Å². The second-order valence-electron chi connectivity index (χ2n) is 6.40. The monoisotopic (exact) mass is 373 g/mol. The Balaban J connectivity index is 1.67. The van der Waals surface area contributed by atoms with Crippen LogP contribution in [0, 0.1) is 0 Å². The molecule has 0 radical (unpaired) electrons. The summed E-state index contributed by atoms with van der Waals surface area (Å²) in [6, 6.07) is -0.735.